The van der Waals surface area contributed by atoms with Crippen LogP contribution in [-0.4, -0.2) is 55.0 Å². The van der Waals surface area contributed by atoms with Gasteiger partial charge in [-0.05, 0) is 56.9 Å². The molecule has 2 atom stereocenters. The minimum atomic E-state index is -0.939. The molecule has 0 bridgehead atoms. The maximum Gasteiger partial charge on any atom is 0.336 e. The number of nitrogens with zero attached hydrogens (tertiary/aromatic N) is 2. The van der Waals surface area contributed by atoms with Gasteiger partial charge >= 0.3 is 17.9 Å². The van der Waals surface area contributed by atoms with Crippen LogP contribution in [0.25, 0.3) is 0 Å². The number of allylic oxidation sites excluding steroid dienone is 1. The van der Waals surface area contributed by atoms with Crippen molar-refractivity contribution in [1.29, 1.82) is 0 Å². The first kappa shape index (κ1) is 32.0. The van der Waals surface area contributed by atoms with E-state index in [1.54, 1.807) is 26.8 Å². The predicted molar refractivity (Wildman–Crippen MR) is 154 cm³/mol. The Morgan fingerprint density at radius 2 is 1.67 bits per heavy atom. The van der Waals surface area contributed by atoms with Gasteiger partial charge in [0.15, 0.2) is 0 Å². The number of non-ortho nitro benzene ring substituents is 1. The quantitative estimate of drug-likeness (QED) is 0.0978. The molecule has 2 aromatic rings. The van der Waals surface area contributed by atoms with Crippen LogP contribution in [0.5, 0.6) is 5.75 Å². The molecule has 0 aromatic heterocycles. The van der Waals surface area contributed by atoms with E-state index in [0.717, 1.165) is 18.4 Å². The smallest absolute Gasteiger partial charge is 0.336 e. The fourth-order valence-electron chi connectivity index (χ4n) is 4.77. The molecular formula is C31H36N2O9. The summed E-state index contributed by atoms with van der Waals surface area (Å²) in [5, 5.41) is 11.5. The van der Waals surface area contributed by atoms with Crippen LogP contribution < -0.4 is 4.74 Å². The number of esters is 3. The topological polar surface area (TPSA) is 144 Å². The zero-order chi connectivity index (χ0) is 30.6. The molecule has 224 valence electrons. The van der Waals surface area contributed by atoms with Crippen molar-refractivity contribution in [2.24, 2.45) is 10.9 Å². The SMILES string of the molecule is CCOC(=O)C1C(C)=NC(C)=C(C(=O)OCCCOc2ccc(CCCOC(C)=O)cc2)C1c1cccc([N+](=O)[O-])c1. The van der Waals surface area contributed by atoms with Crippen LogP contribution in [0.1, 0.15) is 57.6 Å². The highest BCUT2D eigenvalue weighted by atomic mass is 16.6. The molecule has 0 radical (unpaired) electrons. The van der Waals surface area contributed by atoms with E-state index < -0.39 is 28.7 Å². The number of benzene rings is 2. The van der Waals surface area contributed by atoms with Gasteiger partial charge in [0.2, 0.25) is 0 Å². The second kappa shape index (κ2) is 15.5. The van der Waals surface area contributed by atoms with E-state index >= 15 is 0 Å². The number of aryl methyl sites for hydroxylation is 1. The fraction of sp³-hybridized carbons (Fsp3) is 0.419. The summed E-state index contributed by atoms with van der Waals surface area (Å²) < 4.78 is 21.5. The highest BCUT2D eigenvalue weighted by molar-refractivity contribution is 6.07. The minimum Gasteiger partial charge on any atom is -0.493 e. The van der Waals surface area contributed by atoms with E-state index in [1.165, 1.54) is 25.1 Å². The average molecular weight is 581 g/mol. The van der Waals surface area contributed by atoms with Gasteiger partial charge in [0.05, 0.1) is 36.9 Å². The first-order valence-corrected chi connectivity index (χ1v) is 13.8. The van der Waals surface area contributed by atoms with Crippen molar-refractivity contribution < 1.29 is 38.3 Å². The number of hydrogen-bond acceptors (Lipinski definition) is 10. The summed E-state index contributed by atoms with van der Waals surface area (Å²) in [7, 11) is 0. The Balaban J connectivity index is 1.64. The zero-order valence-corrected chi connectivity index (χ0v) is 24.3. The number of nitro groups is 1. The first-order valence-electron chi connectivity index (χ1n) is 13.8. The normalized spacial score (nSPS) is 16.3. The van der Waals surface area contributed by atoms with E-state index in [0.29, 0.717) is 42.4 Å². The maximum atomic E-state index is 13.4. The molecule has 0 fully saturated rings. The third kappa shape index (κ3) is 8.73. The molecule has 1 aliphatic rings. The number of aliphatic imine (C=N–C) groups is 1. The number of carbonyl (C=O) groups is 3. The summed E-state index contributed by atoms with van der Waals surface area (Å²) in [6.07, 6.45) is 1.92. The molecule has 3 rings (SSSR count). The molecule has 0 aliphatic carbocycles. The van der Waals surface area contributed by atoms with Gasteiger partial charge in [-0.1, -0.05) is 24.3 Å². The van der Waals surface area contributed by atoms with Crippen molar-refractivity contribution in [3.8, 4) is 5.75 Å². The zero-order valence-electron chi connectivity index (χ0n) is 24.3. The third-order valence-corrected chi connectivity index (χ3v) is 6.66. The Morgan fingerprint density at radius 1 is 0.952 bits per heavy atom. The first-order chi connectivity index (χ1) is 20.1. The molecule has 1 heterocycles. The second-order valence-corrected chi connectivity index (χ2v) is 9.74. The number of rotatable bonds is 14. The summed E-state index contributed by atoms with van der Waals surface area (Å²) >= 11 is 0. The van der Waals surface area contributed by atoms with Crippen LogP contribution in [0.4, 0.5) is 5.69 Å². The van der Waals surface area contributed by atoms with Gasteiger partial charge in [-0.2, -0.15) is 0 Å². The summed E-state index contributed by atoms with van der Waals surface area (Å²) in [4.78, 5) is 52.6. The van der Waals surface area contributed by atoms with Gasteiger partial charge in [0.25, 0.3) is 5.69 Å². The molecule has 0 spiro atoms. The molecule has 0 saturated carbocycles. The molecule has 0 amide bonds. The van der Waals surface area contributed by atoms with Gasteiger partial charge in [-0.25, -0.2) is 4.79 Å². The molecule has 2 unspecified atom stereocenters. The Morgan fingerprint density at radius 3 is 2.33 bits per heavy atom. The molecule has 1 aliphatic heterocycles. The van der Waals surface area contributed by atoms with Crippen LogP contribution in [0.15, 0.2) is 64.8 Å². The van der Waals surface area contributed by atoms with E-state index in [1.807, 2.05) is 24.3 Å². The van der Waals surface area contributed by atoms with Gasteiger partial charge in [0.1, 0.15) is 11.7 Å². The number of nitro benzene ring substituents is 1. The van der Waals surface area contributed by atoms with Crippen LogP contribution in [0, 0.1) is 16.0 Å². The number of ether oxygens (including phenoxy) is 4. The Labute approximate surface area is 244 Å². The molecule has 11 nitrogen and oxygen atoms in total. The predicted octanol–water partition coefficient (Wildman–Crippen LogP) is 5.11. The summed E-state index contributed by atoms with van der Waals surface area (Å²) in [6.45, 7) is 7.24. The Hall–Kier alpha value is -4.54. The monoisotopic (exact) mass is 580 g/mol. The molecule has 2 aromatic carbocycles. The van der Waals surface area contributed by atoms with E-state index in [4.69, 9.17) is 18.9 Å². The summed E-state index contributed by atoms with van der Waals surface area (Å²) in [5.74, 6) is -2.65. The lowest BCUT2D eigenvalue weighted by Crippen LogP contribution is -2.36. The Bertz CT molecular complexity index is 1350. The van der Waals surface area contributed by atoms with Crippen molar-refractivity contribution >= 4 is 29.3 Å². The standard InChI is InChI=1S/C31H36N2O9/c1-5-39-30(35)27-20(2)32-21(3)28(29(27)24-10-6-11-25(19-24)33(37)38)31(36)42-18-8-17-41-26-14-12-23(13-15-26)9-7-16-40-22(4)34/h6,10-15,19,27,29H,5,7-9,16-18H2,1-4H3. The highest BCUT2D eigenvalue weighted by Gasteiger charge is 2.42. The van der Waals surface area contributed by atoms with E-state index in [9.17, 15) is 24.5 Å². The van der Waals surface area contributed by atoms with Gasteiger partial charge in [0, 0.05) is 42.8 Å². The van der Waals surface area contributed by atoms with Crippen molar-refractivity contribution in [3.05, 3.63) is 81.0 Å². The van der Waals surface area contributed by atoms with Gasteiger partial charge < -0.3 is 18.9 Å². The lowest BCUT2D eigenvalue weighted by Gasteiger charge is -2.31. The van der Waals surface area contributed by atoms with Crippen LogP contribution >= 0.6 is 0 Å². The van der Waals surface area contributed by atoms with Crippen molar-refractivity contribution in [1.82, 2.24) is 0 Å². The summed E-state index contributed by atoms with van der Waals surface area (Å²) in [6, 6.07) is 13.4. The van der Waals surface area contributed by atoms with E-state index in [-0.39, 0.29) is 30.4 Å². The van der Waals surface area contributed by atoms with Crippen molar-refractivity contribution in [3.63, 3.8) is 0 Å². The lowest BCUT2D eigenvalue weighted by atomic mass is 9.75. The fourth-order valence-corrected chi connectivity index (χ4v) is 4.77. The van der Waals surface area contributed by atoms with Gasteiger partial charge in [-0.15, -0.1) is 0 Å². The third-order valence-electron chi connectivity index (χ3n) is 6.66. The largest absolute Gasteiger partial charge is 0.493 e. The van der Waals surface area contributed by atoms with E-state index in [2.05, 4.69) is 4.99 Å². The minimum absolute atomic E-state index is 0.0538. The second-order valence-electron chi connectivity index (χ2n) is 9.74. The average Bonchev–Trinajstić information content (AvgIpc) is 2.95. The summed E-state index contributed by atoms with van der Waals surface area (Å²) in [5.41, 5.74) is 2.33. The highest BCUT2D eigenvalue weighted by Crippen LogP contribution is 2.41. The van der Waals surface area contributed by atoms with Crippen LogP contribution in [0.3, 0.4) is 0 Å². The lowest BCUT2D eigenvalue weighted by molar-refractivity contribution is -0.384. The molecule has 11 heteroatoms. The molecule has 0 N–H and O–H groups in total. The van der Waals surface area contributed by atoms with Crippen molar-refractivity contribution in [2.75, 3.05) is 26.4 Å². The van der Waals surface area contributed by atoms with Crippen molar-refractivity contribution in [2.45, 2.75) is 52.9 Å². The molecular weight excluding hydrogens is 544 g/mol. The van der Waals surface area contributed by atoms with Gasteiger partial charge in [-0.3, -0.25) is 24.7 Å². The Kier molecular flexibility index (Phi) is 11.8. The number of hydrogen-bond donors (Lipinski definition) is 0. The maximum absolute atomic E-state index is 13.4. The van der Waals surface area contributed by atoms with Crippen LogP contribution in [-0.2, 0) is 35.0 Å². The molecule has 0 saturated heterocycles. The molecule has 42 heavy (non-hydrogen) atoms. The van der Waals surface area contributed by atoms with Crippen LogP contribution in [0.2, 0.25) is 0 Å². The number of carbonyl (C=O) groups excluding carboxylic acids is 3.